The molecule has 0 fully saturated rings. The fourth-order valence-corrected chi connectivity index (χ4v) is 1.22. The van der Waals surface area contributed by atoms with E-state index in [0.717, 1.165) is 22.5 Å². The minimum Gasteiger partial charge on any atom is -0.398 e. The highest BCUT2D eigenvalue weighted by Crippen LogP contribution is 2.23. The number of H-pyrrole nitrogens is 1. The maximum absolute atomic E-state index is 5.80. The Balaban J connectivity index is 0.000000317. The van der Waals surface area contributed by atoms with Gasteiger partial charge in [-0.2, -0.15) is 15.4 Å². The standard InChI is InChI=1S/C9H10N4.CCl2S/c1-6-2-3-8(10)7(4-6)9-5-11-13-12-9;2-1(3)4/h2-5H,10H2,1H3,(H,11,12,13);. The normalized spacial score (nSPS) is 9.35. The van der Waals surface area contributed by atoms with Crippen molar-refractivity contribution >= 4 is 44.9 Å². The molecule has 0 radical (unpaired) electrons. The molecule has 90 valence electrons. The first-order chi connectivity index (χ1) is 8.00. The molecular formula is C10H10Cl2N4S. The highest BCUT2D eigenvalue weighted by atomic mass is 35.5. The van der Waals surface area contributed by atoms with Crippen LogP contribution in [0.4, 0.5) is 5.69 Å². The summed E-state index contributed by atoms with van der Waals surface area (Å²) in [4.78, 5) is 0. The van der Waals surface area contributed by atoms with Crippen LogP contribution in [-0.2, 0) is 0 Å². The smallest absolute Gasteiger partial charge is 0.169 e. The number of anilines is 1. The predicted octanol–water partition coefficient (Wildman–Crippen LogP) is 3.11. The first-order valence-corrected chi connectivity index (χ1v) is 5.74. The van der Waals surface area contributed by atoms with Gasteiger partial charge >= 0.3 is 0 Å². The van der Waals surface area contributed by atoms with Crippen LogP contribution < -0.4 is 5.73 Å². The number of nitrogens with one attached hydrogen (secondary N) is 1. The number of aryl methyl sites for hydroxylation is 1. The number of halogens is 2. The third-order valence-corrected chi connectivity index (χ3v) is 1.90. The van der Waals surface area contributed by atoms with Crippen molar-refractivity contribution in [1.29, 1.82) is 0 Å². The highest BCUT2D eigenvalue weighted by molar-refractivity contribution is 7.86. The Hall–Kier alpha value is -1.17. The molecule has 0 saturated carbocycles. The molecule has 2 rings (SSSR count). The Labute approximate surface area is 114 Å². The molecule has 0 amide bonds. The summed E-state index contributed by atoms with van der Waals surface area (Å²) in [5.74, 6) is 0. The van der Waals surface area contributed by atoms with E-state index in [1.54, 1.807) is 6.20 Å². The zero-order valence-corrected chi connectivity index (χ0v) is 11.3. The lowest BCUT2D eigenvalue weighted by Gasteiger charge is -2.02. The molecule has 0 aliphatic carbocycles. The minimum absolute atomic E-state index is 0.0556. The Morgan fingerprint density at radius 1 is 1.41 bits per heavy atom. The lowest BCUT2D eigenvalue weighted by molar-refractivity contribution is 0.942. The molecule has 0 bridgehead atoms. The zero-order valence-electron chi connectivity index (χ0n) is 8.95. The van der Waals surface area contributed by atoms with E-state index in [2.05, 4.69) is 27.6 Å². The lowest BCUT2D eigenvalue weighted by atomic mass is 10.1. The van der Waals surface area contributed by atoms with Crippen molar-refractivity contribution in [3.05, 3.63) is 30.0 Å². The van der Waals surface area contributed by atoms with Crippen LogP contribution in [0.2, 0.25) is 0 Å². The molecule has 0 spiro atoms. The van der Waals surface area contributed by atoms with Crippen LogP contribution in [0, 0.1) is 6.92 Å². The molecule has 17 heavy (non-hydrogen) atoms. The zero-order chi connectivity index (χ0) is 12.8. The molecule has 0 aliphatic heterocycles. The SMILES string of the molecule is Cc1ccc(N)c(-c2cn[nH]n2)c1.S=C(Cl)Cl. The molecule has 0 saturated heterocycles. The summed E-state index contributed by atoms with van der Waals surface area (Å²) >= 11 is 13.6. The maximum atomic E-state index is 5.80. The van der Waals surface area contributed by atoms with Crippen molar-refractivity contribution in [2.45, 2.75) is 6.92 Å². The number of hydrogen-bond acceptors (Lipinski definition) is 4. The summed E-state index contributed by atoms with van der Waals surface area (Å²) < 4.78 is -0.0556. The van der Waals surface area contributed by atoms with Gasteiger partial charge in [0.25, 0.3) is 0 Å². The van der Waals surface area contributed by atoms with Crippen LogP contribution in [0.3, 0.4) is 0 Å². The van der Waals surface area contributed by atoms with Gasteiger partial charge in [0.15, 0.2) is 3.78 Å². The van der Waals surface area contributed by atoms with Crippen LogP contribution in [0.5, 0.6) is 0 Å². The molecular weight excluding hydrogens is 279 g/mol. The van der Waals surface area contributed by atoms with Gasteiger partial charge in [0, 0.05) is 11.3 Å². The van der Waals surface area contributed by atoms with Gasteiger partial charge in [0.05, 0.1) is 6.20 Å². The number of aromatic amines is 1. The Morgan fingerprint density at radius 3 is 2.59 bits per heavy atom. The van der Waals surface area contributed by atoms with Crippen molar-refractivity contribution in [3.8, 4) is 11.3 Å². The molecule has 2 aromatic rings. The monoisotopic (exact) mass is 288 g/mol. The van der Waals surface area contributed by atoms with Gasteiger partial charge in [-0.15, -0.1) is 0 Å². The van der Waals surface area contributed by atoms with Gasteiger partial charge in [0.1, 0.15) is 5.69 Å². The second-order valence-electron chi connectivity index (χ2n) is 3.17. The maximum Gasteiger partial charge on any atom is 0.169 e. The van der Waals surface area contributed by atoms with E-state index in [-0.39, 0.29) is 3.78 Å². The third-order valence-electron chi connectivity index (χ3n) is 1.90. The van der Waals surface area contributed by atoms with E-state index in [0.29, 0.717) is 0 Å². The van der Waals surface area contributed by atoms with Gasteiger partial charge < -0.3 is 5.73 Å². The summed E-state index contributed by atoms with van der Waals surface area (Å²) in [6, 6.07) is 5.84. The van der Waals surface area contributed by atoms with Crippen LogP contribution in [0.1, 0.15) is 5.56 Å². The Morgan fingerprint density at radius 2 is 2.06 bits per heavy atom. The summed E-state index contributed by atoms with van der Waals surface area (Å²) in [6.07, 6.45) is 1.66. The summed E-state index contributed by atoms with van der Waals surface area (Å²) in [7, 11) is 0. The average Bonchev–Trinajstić information content (AvgIpc) is 2.74. The highest BCUT2D eigenvalue weighted by Gasteiger charge is 2.04. The molecule has 0 atom stereocenters. The van der Waals surface area contributed by atoms with Gasteiger partial charge in [0.2, 0.25) is 0 Å². The second kappa shape index (κ2) is 6.54. The molecule has 7 heteroatoms. The quantitative estimate of drug-likeness (QED) is 0.481. The minimum atomic E-state index is -0.0556. The fourth-order valence-electron chi connectivity index (χ4n) is 1.22. The van der Waals surface area contributed by atoms with Crippen LogP contribution in [0.25, 0.3) is 11.3 Å². The van der Waals surface area contributed by atoms with E-state index in [1.807, 2.05) is 25.1 Å². The fraction of sp³-hybridized carbons (Fsp3) is 0.100. The molecule has 3 N–H and O–H groups in total. The van der Waals surface area contributed by atoms with Crippen LogP contribution >= 0.6 is 35.4 Å². The summed E-state index contributed by atoms with van der Waals surface area (Å²) in [5, 5.41) is 10.3. The first-order valence-electron chi connectivity index (χ1n) is 4.58. The van der Waals surface area contributed by atoms with Gasteiger partial charge in [-0.1, -0.05) is 47.0 Å². The van der Waals surface area contributed by atoms with E-state index >= 15 is 0 Å². The number of benzene rings is 1. The Bertz CT molecular complexity index is 495. The molecule has 0 unspecified atom stereocenters. The number of thiocarbonyl (C=S) groups is 1. The van der Waals surface area contributed by atoms with Crippen molar-refractivity contribution in [2.24, 2.45) is 0 Å². The largest absolute Gasteiger partial charge is 0.398 e. The molecule has 1 heterocycles. The molecule has 4 nitrogen and oxygen atoms in total. The van der Waals surface area contributed by atoms with E-state index < -0.39 is 0 Å². The number of hydrogen-bond donors (Lipinski definition) is 2. The molecule has 0 aliphatic rings. The van der Waals surface area contributed by atoms with Crippen molar-refractivity contribution in [3.63, 3.8) is 0 Å². The summed E-state index contributed by atoms with van der Waals surface area (Å²) in [6.45, 7) is 2.02. The lowest BCUT2D eigenvalue weighted by Crippen LogP contribution is -1.90. The predicted molar refractivity (Wildman–Crippen MR) is 75.3 cm³/mol. The van der Waals surface area contributed by atoms with Crippen molar-refractivity contribution in [1.82, 2.24) is 15.4 Å². The second-order valence-corrected chi connectivity index (χ2v) is 4.98. The number of rotatable bonds is 1. The van der Waals surface area contributed by atoms with E-state index in [4.69, 9.17) is 28.9 Å². The van der Waals surface area contributed by atoms with Gasteiger partial charge in [-0.25, -0.2) is 0 Å². The van der Waals surface area contributed by atoms with Crippen LogP contribution in [0.15, 0.2) is 24.4 Å². The molecule has 1 aromatic carbocycles. The average molecular weight is 289 g/mol. The Kier molecular flexibility index (Phi) is 5.34. The number of nitrogens with zero attached hydrogens (tertiary/aromatic N) is 2. The van der Waals surface area contributed by atoms with Gasteiger partial charge in [-0.05, 0) is 19.1 Å². The van der Waals surface area contributed by atoms with Crippen molar-refractivity contribution < 1.29 is 0 Å². The third kappa shape index (κ3) is 4.68. The number of nitrogens with two attached hydrogens (primary N) is 1. The first kappa shape index (κ1) is 13.9. The summed E-state index contributed by atoms with van der Waals surface area (Å²) in [5.41, 5.74) is 9.38. The number of nitrogen functional groups attached to an aromatic ring is 1. The molecule has 1 aromatic heterocycles. The van der Waals surface area contributed by atoms with Crippen molar-refractivity contribution in [2.75, 3.05) is 5.73 Å². The topological polar surface area (TPSA) is 67.6 Å². The van der Waals surface area contributed by atoms with Gasteiger partial charge in [-0.3, -0.25) is 0 Å². The van der Waals surface area contributed by atoms with E-state index in [9.17, 15) is 0 Å². The van der Waals surface area contributed by atoms with E-state index in [1.165, 1.54) is 0 Å². The number of aromatic nitrogens is 3. The van der Waals surface area contributed by atoms with Crippen LogP contribution in [-0.4, -0.2) is 19.2 Å².